The Morgan fingerprint density at radius 3 is 1.91 bits per heavy atom. The minimum atomic E-state index is -0.190. The predicted octanol–water partition coefficient (Wildman–Crippen LogP) is 3.81. The van der Waals surface area contributed by atoms with Crippen molar-refractivity contribution in [3.8, 4) is 0 Å². The van der Waals surface area contributed by atoms with Crippen molar-refractivity contribution in [2.45, 2.75) is 25.7 Å². The molecule has 2 saturated heterocycles. The molecule has 2 N–H and O–H groups in total. The van der Waals surface area contributed by atoms with Crippen LogP contribution in [0.5, 0.6) is 0 Å². The zero-order valence-electron chi connectivity index (χ0n) is 18.2. The third-order valence-corrected chi connectivity index (χ3v) is 6.30. The number of carbonyl (C=O) groups is 3. The Morgan fingerprint density at radius 1 is 0.688 bits per heavy atom. The summed E-state index contributed by atoms with van der Waals surface area (Å²) in [7, 11) is 0. The van der Waals surface area contributed by atoms with Crippen molar-refractivity contribution in [2.24, 2.45) is 11.8 Å². The molecule has 4 rings (SSSR count). The standard InChI is InChI=1S/C25H30N4O3/c30-23(26-21-9-3-1-4-10-21)20-8-7-15-29(18-20)24(31)19-13-16-28(17-14-19)25(32)27-22-11-5-2-6-12-22/h1-6,9-12,19-20H,7-8,13-18H2,(H,26,30)(H,27,32)/t20-/m0/s1. The van der Waals surface area contributed by atoms with Crippen LogP contribution in [-0.2, 0) is 9.59 Å². The smallest absolute Gasteiger partial charge is 0.321 e. The van der Waals surface area contributed by atoms with E-state index in [4.69, 9.17) is 0 Å². The van der Waals surface area contributed by atoms with Gasteiger partial charge in [0.2, 0.25) is 11.8 Å². The molecule has 2 fully saturated rings. The number of hydrogen-bond acceptors (Lipinski definition) is 3. The minimum Gasteiger partial charge on any atom is -0.342 e. The van der Waals surface area contributed by atoms with Gasteiger partial charge in [-0.05, 0) is 49.9 Å². The number of nitrogens with zero attached hydrogens (tertiary/aromatic N) is 2. The van der Waals surface area contributed by atoms with E-state index in [1.807, 2.05) is 65.6 Å². The van der Waals surface area contributed by atoms with Crippen molar-refractivity contribution in [3.05, 3.63) is 60.7 Å². The molecular weight excluding hydrogens is 404 g/mol. The highest BCUT2D eigenvalue weighted by Crippen LogP contribution is 2.25. The third kappa shape index (κ3) is 5.46. The molecule has 0 unspecified atom stereocenters. The number of para-hydroxylation sites is 2. The quantitative estimate of drug-likeness (QED) is 0.768. The SMILES string of the molecule is O=C(Nc1ccccc1)[C@H]1CCCN(C(=O)C2CCN(C(=O)Nc3ccccc3)CC2)C1. The van der Waals surface area contributed by atoms with Crippen molar-refractivity contribution < 1.29 is 14.4 Å². The molecule has 0 aliphatic carbocycles. The Labute approximate surface area is 188 Å². The summed E-state index contributed by atoms with van der Waals surface area (Å²) >= 11 is 0. The minimum absolute atomic E-state index is 0.0268. The summed E-state index contributed by atoms with van der Waals surface area (Å²) in [6.45, 7) is 2.27. The molecule has 0 spiro atoms. The van der Waals surface area contributed by atoms with E-state index in [9.17, 15) is 14.4 Å². The van der Waals surface area contributed by atoms with E-state index in [-0.39, 0.29) is 29.7 Å². The molecule has 2 aliphatic heterocycles. The first kappa shape index (κ1) is 21.9. The van der Waals surface area contributed by atoms with E-state index < -0.39 is 0 Å². The molecule has 0 saturated carbocycles. The van der Waals surface area contributed by atoms with Gasteiger partial charge in [0.25, 0.3) is 0 Å². The van der Waals surface area contributed by atoms with Crippen molar-refractivity contribution in [1.82, 2.24) is 9.80 Å². The number of piperidine rings is 2. The molecule has 1 atom stereocenters. The van der Waals surface area contributed by atoms with Crippen LogP contribution in [0.2, 0.25) is 0 Å². The number of carbonyl (C=O) groups excluding carboxylic acids is 3. The molecule has 0 bridgehead atoms. The number of likely N-dealkylation sites (tertiary alicyclic amines) is 2. The number of urea groups is 1. The fraction of sp³-hybridized carbons (Fsp3) is 0.400. The van der Waals surface area contributed by atoms with Crippen LogP contribution >= 0.6 is 0 Å². The predicted molar refractivity (Wildman–Crippen MR) is 124 cm³/mol. The number of hydrogen-bond donors (Lipinski definition) is 2. The van der Waals surface area contributed by atoms with Gasteiger partial charge < -0.3 is 20.4 Å². The molecule has 0 aromatic heterocycles. The summed E-state index contributed by atoms with van der Waals surface area (Å²) in [5.74, 6) is -0.192. The van der Waals surface area contributed by atoms with Gasteiger partial charge in [0.05, 0.1) is 5.92 Å². The van der Waals surface area contributed by atoms with Gasteiger partial charge in [-0.25, -0.2) is 4.79 Å². The van der Waals surface area contributed by atoms with Crippen molar-refractivity contribution in [2.75, 3.05) is 36.8 Å². The zero-order chi connectivity index (χ0) is 22.3. The lowest BCUT2D eigenvalue weighted by Gasteiger charge is -2.37. The normalized spacial score (nSPS) is 19.3. The molecule has 4 amide bonds. The average molecular weight is 435 g/mol. The lowest BCUT2D eigenvalue weighted by atomic mass is 9.92. The van der Waals surface area contributed by atoms with Crippen LogP contribution < -0.4 is 10.6 Å². The number of rotatable bonds is 4. The number of anilines is 2. The first-order chi connectivity index (χ1) is 15.6. The summed E-state index contributed by atoms with van der Waals surface area (Å²) in [6.07, 6.45) is 2.92. The van der Waals surface area contributed by atoms with E-state index in [2.05, 4.69) is 10.6 Å². The van der Waals surface area contributed by atoms with E-state index in [1.54, 1.807) is 4.90 Å². The lowest BCUT2D eigenvalue weighted by molar-refractivity contribution is -0.139. The van der Waals surface area contributed by atoms with E-state index in [0.717, 1.165) is 24.2 Å². The van der Waals surface area contributed by atoms with Crippen molar-refractivity contribution in [3.63, 3.8) is 0 Å². The second kappa shape index (κ2) is 10.3. The summed E-state index contributed by atoms with van der Waals surface area (Å²) in [5.41, 5.74) is 1.55. The van der Waals surface area contributed by atoms with Crippen LogP contribution in [0.15, 0.2) is 60.7 Å². The first-order valence-corrected chi connectivity index (χ1v) is 11.4. The highest BCUT2D eigenvalue weighted by Gasteiger charge is 2.34. The highest BCUT2D eigenvalue weighted by molar-refractivity contribution is 5.93. The van der Waals surface area contributed by atoms with Gasteiger partial charge in [-0.3, -0.25) is 9.59 Å². The molecular formula is C25H30N4O3. The molecule has 32 heavy (non-hydrogen) atoms. The molecule has 0 radical (unpaired) electrons. The summed E-state index contributed by atoms with van der Waals surface area (Å²) in [5, 5.41) is 5.87. The fourth-order valence-corrected chi connectivity index (χ4v) is 4.47. The van der Waals surface area contributed by atoms with Crippen molar-refractivity contribution in [1.29, 1.82) is 0 Å². The first-order valence-electron chi connectivity index (χ1n) is 11.4. The largest absolute Gasteiger partial charge is 0.342 e. The summed E-state index contributed by atoms with van der Waals surface area (Å²) in [4.78, 5) is 41.9. The van der Waals surface area contributed by atoms with Gasteiger partial charge in [-0.2, -0.15) is 0 Å². The Morgan fingerprint density at radius 2 is 1.28 bits per heavy atom. The Balaban J connectivity index is 1.26. The van der Waals surface area contributed by atoms with Crippen LogP contribution in [0, 0.1) is 11.8 Å². The van der Waals surface area contributed by atoms with Crippen LogP contribution in [0.4, 0.5) is 16.2 Å². The average Bonchev–Trinajstić information content (AvgIpc) is 2.85. The summed E-state index contributed by atoms with van der Waals surface area (Å²) < 4.78 is 0. The number of benzene rings is 2. The van der Waals surface area contributed by atoms with Crippen LogP contribution in [0.3, 0.4) is 0 Å². The Kier molecular flexibility index (Phi) is 7.04. The summed E-state index contributed by atoms with van der Waals surface area (Å²) in [6, 6.07) is 18.7. The molecule has 168 valence electrons. The van der Waals surface area contributed by atoms with E-state index >= 15 is 0 Å². The molecule has 2 aromatic rings. The van der Waals surface area contributed by atoms with Gasteiger partial charge in [0, 0.05) is 43.5 Å². The number of nitrogens with one attached hydrogen (secondary N) is 2. The van der Waals surface area contributed by atoms with Gasteiger partial charge in [-0.1, -0.05) is 36.4 Å². The van der Waals surface area contributed by atoms with Gasteiger partial charge >= 0.3 is 6.03 Å². The van der Waals surface area contributed by atoms with Crippen LogP contribution in [0.1, 0.15) is 25.7 Å². The molecule has 2 aliphatic rings. The topological polar surface area (TPSA) is 81.8 Å². The van der Waals surface area contributed by atoms with Crippen LogP contribution in [0.25, 0.3) is 0 Å². The maximum atomic E-state index is 13.1. The Hall–Kier alpha value is -3.35. The van der Waals surface area contributed by atoms with Gasteiger partial charge in [-0.15, -0.1) is 0 Å². The zero-order valence-corrected chi connectivity index (χ0v) is 18.2. The monoisotopic (exact) mass is 434 g/mol. The number of amides is 4. The third-order valence-electron chi connectivity index (χ3n) is 6.30. The maximum Gasteiger partial charge on any atom is 0.321 e. The van der Waals surface area contributed by atoms with E-state index in [1.165, 1.54) is 0 Å². The second-order valence-corrected chi connectivity index (χ2v) is 8.54. The van der Waals surface area contributed by atoms with Gasteiger partial charge in [0.1, 0.15) is 0 Å². The highest BCUT2D eigenvalue weighted by atomic mass is 16.2. The molecule has 2 aromatic carbocycles. The molecule has 2 heterocycles. The van der Waals surface area contributed by atoms with Gasteiger partial charge in [0.15, 0.2) is 0 Å². The van der Waals surface area contributed by atoms with E-state index in [0.29, 0.717) is 39.0 Å². The Bertz CT molecular complexity index is 927. The maximum absolute atomic E-state index is 13.1. The lowest BCUT2D eigenvalue weighted by Crippen LogP contribution is -2.49. The fourth-order valence-electron chi connectivity index (χ4n) is 4.47. The molecule has 7 nitrogen and oxygen atoms in total. The second-order valence-electron chi connectivity index (χ2n) is 8.54. The molecule has 7 heteroatoms. The van der Waals surface area contributed by atoms with Crippen LogP contribution in [-0.4, -0.2) is 53.8 Å². The van der Waals surface area contributed by atoms with Crippen molar-refractivity contribution >= 4 is 29.2 Å².